The van der Waals surface area contributed by atoms with E-state index >= 15 is 0 Å². The van der Waals surface area contributed by atoms with Crippen molar-refractivity contribution in [2.45, 2.75) is 25.3 Å². The summed E-state index contributed by atoms with van der Waals surface area (Å²) in [6.07, 6.45) is 3.52. The van der Waals surface area contributed by atoms with Gasteiger partial charge in [-0.15, -0.1) is 0 Å². The summed E-state index contributed by atoms with van der Waals surface area (Å²) in [4.78, 5) is 0. The lowest BCUT2D eigenvalue weighted by atomic mass is 10.1. The van der Waals surface area contributed by atoms with Gasteiger partial charge in [-0.2, -0.15) is 11.8 Å². The maximum atomic E-state index is 5.45. The molecule has 1 aromatic rings. The molecule has 0 saturated carbocycles. The summed E-state index contributed by atoms with van der Waals surface area (Å²) in [5.74, 6) is 3.46. The SMILES string of the molecule is C1Cc2noc(C3CSCCN3)c2C1. The molecule has 0 spiro atoms. The highest BCUT2D eigenvalue weighted by molar-refractivity contribution is 7.99. The fraction of sp³-hybridized carbons (Fsp3) is 0.700. The second kappa shape index (κ2) is 3.59. The minimum atomic E-state index is 0.406. The van der Waals surface area contributed by atoms with Crippen LogP contribution in [0.3, 0.4) is 0 Å². The number of aromatic nitrogens is 1. The number of hydrogen-bond donors (Lipinski definition) is 1. The van der Waals surface area contributed by atoms with E-state index in [1.54, 1.807) is 0 Å². The maximum absolute atomic E-state index is 5.45. The molecule has 14 heavy (non-hydrogen) atoms. The van der Waals surface area contributed by atoms with Crippen LogP contribution in [0.1, 0.15) is 29.5 Å². The average molecular weight is 210 g/mol. The largest absolute Gasteiger partial charge is 0.359 e. The summed E-state index contributed by atoms with van der Waals surface area (Å²) in [5.41, 5.74) is 2.60. The zero-order valence-corrected chi connectivity index (χ0v) is 8.90. The van der Waals surface area contributed by atoms with Gasteiger partial charge in [0.15, 0.2) is 5.76 Å². The topological polar surface area (TPSA) is 38.1 Å². The Morgan fingerprint density at radius 2 is 2.43 bits per heavy atom. The molecule has 1 unspecified atom stereocenters. The summed E-state index contributed by atoms with van der Waals surface area (Å²) in [5, 5.41) is 7.64. The summed E-state index contributed by atoms with van der Waals surface area (Å²) in [6, 6.07) is 0.406. The van der Waals surface area contributed by atoms with Crippen molar-refractivity contribution in [2.24, 2.45) is 0 Å². The fourth-order valence-electron chi connectivity index (χ4n) is 2.26. The lowest BCUT2D eigenvalue weighted by Gasteiger charge is -2.21. The molecule has 1 saturated heterocycles. The summed E-state index contributed by atoms with van der Waals surface area (Å²) in [7, 11) is 0. The molecule has 1 fully saturated rings. The molecule has 1 aliphatic carbocycles. The smallest absolute Gasteiger partial charge is 0.157 e. The number of fused-ring (bicyclic) bond motifs is 1. The van der Waals surface area contributed by atoms with Crippen molar-refractivity contribution < 1.29 is 4.52 Å². The van der Waals surface area contributed by atoms with Gasteiger partial charge in [-0.1, -0.05) is 5.16 Å². The first-order valence-corrected chi connectivity index (χ1v) is 6.39. The van der Waals surface area contributed by atoms with E-state index in [1.165, 1.54) is 23.4 Å². The van der Waals surface area contributed by atoms with Gasteiger partial charge >= 0.3 is 0 Å². The van der Waals surface area contributed by atoms with E-state index < -0.39 is 0 Å². The molecule has 1 atom stereocenters. The molecule has 2 heterocycles. The zero-order valence-electron chi connectivity index (χ0n) is 8.08. The van der Waals surface area contributed by atoms with Crippen LogP contribution in [0.25, 0.3) is 0 Å². The second-order valence-corrected chi connectivity index (χ2v) is 5.06. The molecule has 3 rings (SSSR count). The Balaban J connectivity index is 1.88. The van der Waals surface area contributed by atoms with Gasteiger partial charge in [0.05, 0.1) is 11.7 Å². The Morgan fingerprint density at radius 1 is 1.43 bits per heavy atom. The molecule has 0 bridgehead atoms. The van der Waals surface area contributed by atoms with Gasteiger partial charge in [-0.25, -0.2) is 0 Å². The number of aryl methyl sites for hydroxylation is 1. The molecule has 4 heteroatoms. The Morgan fingerprint density at radius 3 is 3.29 bits per heavy atom. The predicted octanol–water partition coefficient (Wildman–Crippen LogP) is 1.54. The van der Waals surface area contributed by atoms with Gasteiger partial charge in [0.25, 0.3) is 0 Å². The Kier molecular flexibility index (Phi) is 2.25. The molecule has 3 nitrogen and oxygen atoms in total. The van der Waals surface area contributed by atoms with Gasteiger partial charge < -0.3 is 9.84 Å². The number of nitrogens with zero attached hydrogens (tertiary/aromatic N) is 1. The van der Waals surface area contributed by atoms with Crippen LogP contribution in [0, 0.1) is 0 Å². The molecule has 0 aromatic carbocycles. The molecule has 76 valence electrons. The van der Waals surface area contributed by atoms with Crippen LogP contribution in [-0.4, -0.2) is 23.2 Å². The van der Waals surface area contributed by atoms with Gasteiger partial charge in [-0.3, -0.25) is 0 Å². The molecule has 0 amide bonds. The molecular weight excluding hydrogens is 196 g/mol. The third-order valence-corrected chi connectivity index (χ3v) is 4.04. The first kappa shape index (κ1) is 8.80. The van der Waals surface area contributed by atoms with Gasteiger partial charge in [0.2, 0.25) is 0 Å². The Hall–Kier alpha value is -0.480. The molecular formula is C10H14N2OS. The van der Waals surface area contributed by atoms with E-state index in [0.29, 0.717) is 6.04 Å². The van der Waals surface area contributed by atoms with Gasteiger partial charge in [-0.05, 0) is 19.3 Å². The number of thioether (sulfide) groups is 1. The van der Waals surface area contributed by atoms with Crippen LogP contribution in [-0.2, 0) is 12.8 Å². The third kappa shape index (κ3) is 1.37. The minimum Gasteiger partial charge on any atom is -0.359 e. The standard InChI is InChI=1S/C10H14N2OS/c1-2-7-8(3-1)12-13-10(7)9-6-14-5-4-11-9/h9,11H,1-6H2. The molecule has 0 radical (unpaired) electrons. The molecule has 1 aliphatic heterocycles. The number of nitrogens with one attached hydrogen (secondary N) is 1. The molecule has 2 aliphatic rings. The van der Waals surface area contributed by atoms with Crippen molar-refractivity contribution in [1.29, 1.82) is 0 Å². The normalized spacial score (nSPS) is 26.4. The molecule has 1 aromatic heterocycles. The van der Waals surface area contributed by atoms with Crippen molar-refractivity contribution in [3.63, 3.8) is 0 Å². The van der Waals surface area contributed by atoms with E-state index in [9.17, 15) is 0 Å². The third-order valence-electron chi connectivity index (χ3n) is 2.98. The van der Waals surface area contributed by atoms with Crippen molar-refractivity contribution in [3.05, 3.63) is 17.0 Å². The fourth-order valence-corrected chi connectivity index (χ4v) is 3.19. The highest BCUT2D eigenvalue weighted by atomic mass is 32.2. The van der Waals surface area contributed by atoms with E-state index in [-0.39, 0.29) is 0 Å². The average Bonchev–Trinajstić information content (AvgIpc) is 2.79. The first-order chi connectivity index (χ1) is 6.95. The van der Waals surface area contributed by atoms with Crippen LogP contribution in [0.4, 0.5) is 0 Å². The summed E-state index contributed by atoms with van der Waals surface area (Å²) in [6.45, 7) is 1.09. The Labute approximate surface area is 87.6 Å². The highest BCUT2D eigenvalue weighted by Crippen LogP contribution is 2.31. The van der Waals surface area contributed by atoms with Crippen LogP contribution < -0.4 is 5.32 Å². The summed E-state index contributed by atoms with van der Waals surface area (Å²) >= 11 is 2.00. The van der Waals surface area contributed by atoms with E-state index in [4.69, 9.17) is 4.52 Å². The zero-order chi connectivity index (χ0) is 9.38. The van der Waals surface area contributed by atoms with Crippen molar-refractivity contribution in [1.82, 2.24) is 10.5 Å². The summed E-state index contributed by atoms with van der Waals surface area (Å²) < 4.78 is 5.45. The monoisotopic (exact) mass is 210 g/mol. The lowest BCUT2D eigenvalue weighted by Crippen LogP contribution is -2.30. The quantitative estimate of drug-likeness (QED) is 0.763. The van der Waals surface area contributed by atoms with Gasteiger partial charge in [0.1, 0.15) is 0 Å². The highest BCUT2D eigenvalue weighted by Gasteiger charge is 2.27. The molecule has 1 N–H and O–H groups in total. The van der Waals surface area contributed by atoms with Gasteiger partial charge in [0, 0.05) is 23.6 Å². The van der Waals surface area contributed by atoms with Crippen LogP contribution in [0.2, 0.25) is 0 Å². The number of hydrogen-bond acceptors (Lipinski definition) is 4. The van der Waals surface area contributed by atoms with Crippen molar-refractivity contribution in [3.8, 4) is 0 Å². The van der Waals surface area contributed by atoms with Crippen molar-refractivity contribution in [2.75, 3.05) is 18.1 Å². The second-order valence-electron chi connectivity index (χ2n) is 3.91. The van der Waals surface area contributed by atoms with E-state index in [1.807, 2.05) is 11.8 Å². The van der Waals surface area contributed by atoms with Crippen LogP contribution in [0.5, 0.6) is 0 Å². The first-order valence-electron chi connectivity index (χ1n) is 5.23. The van der Waals surface area contributed by atoms with E-state index in [2.05, 4.69) is 10.5 Å². The minimum absolute atomic E-state index is 0.406. The van der Waals surface area contributed by atoms with Crippen LogP contribution in [0.15, 0.2) is 4.52 Å². The Bertz CT molecular complexity index is 331. The van der Waals surface area contributed by atoms with Crippen LogP contribution >= 0.6 is 11.8 Å². The van der Waals surface area contributed by atoms with Crippen molar-refractivity contribution >= 4 is 11.8 Å². The maximum Gasteiger partial charge on any atom is 0.157 e. The number of rotatable bonds is 1. The van der Waals surface area contributed by atoms with E-state index in [0.717, 1.165) is 30.9 Å². The lowest BCUT2D eigenvalue weighted by molar-refractivity contribution is 0.341. The predicted molar refractivity (Wildman–Crippen MR) is 56.6 cm³/mol.